The summed E-state index contributed by atoms with van der Waals surface area (Å²) in [6.45, 7) is 1.86. The molecule has 7 rings (SSSR count). The largest absolute Gasteiger partial charge is 0.383 e. The lowest BCUT2D eigenvalue weighted by molar-refractivity contribution is -0.118. The van der Waals surface area contributed by atoms with E-state index in [1.807, 2.05) is 73.6 Å². The zero-order valence-corrected chi connectivity index (χ0v) is 42.5. The lowest BCUT2D eigenvalue weighted by Gasteiger charge is -2.18. The van der Waals surface area contributed by atoms with Gasteiger partial charge in [-0.25, -0.2) is 0 Å². The summed E-state index contributed by atoms with van der Waals surface area (Å²) in [6.07, 6.45) is 0. The van der Waals surface area contributed by atoms with Gasteiger partial charge in [-0.3, -0.25) is 23.5 Å². The highest BCUT2D eigenvalue weighted by Crippen LogP contribution is 2.50. The zero-order valence-electron chi connectivity index (χ0n) is 40.0. The van der Waals surface area contributed by atoms with Crippen molar-refractivity contribution < 1.29 is 36.4 Å². The summed E-state index contributed by atoms with van der Waals surface area (Å²) in [5, 5.41) is 31.4. The molecule has 2 amide bonds. The molecule has 0 aliphatic rings. The van der Waals surface area contributed by atoms with Crippen molar-refractivity contribution in [3.05, 3.63) is 192 Å². The van der Waals surface area contributed by atoms with Gasteiger partial charge in [0.15, 0.2) is 5.78 Å². The lowest BCUT2D eigenvalue weighted by Crippen LogP contribution is -2.41. The number of nitrogens with zero attached hydrogens (tertiary/aromatic N) is 5. The summed E-state index contributed by atoms with van der Waals surface area (Å²) >= 11 is 1.16. The van der Waals surface area contributed by atoms with E-state index in [4.69, 9.17) is 4.52 Å². The van der Waals surface area contributed by atoms with E-state index in [0.29, 0.717) is 68.1 Å². The maximum absolute atomic E-state index is 14.5. The number of amides is 2. The SMILES string of the molecule is CC(=O)[C@H](CSC=CP(=O)(Nc1ccc(C(=O)NCCNc2cccc3c(S(=O)(=O)O)cccc23)cc1)OCc1ccc(N=Nc2ccccc2)cc1)NC(=O)c1ccc(N=Nc2ccc(N(C)C)cc2)cc1. The number of nitrogens with one attached hydrogen (secondary N) is 4. The van der Waals surface area contributed by atoms with Crippen molar-refractivity contribution in [3.63, 3.8) is 0 Å². The monoisotopic (exact) mass is 1040 g/mol. The van der Waals surface area contributed by atoms with Crippen molar-refractivity contribution in [2.24, 2.45) is 20.5 Å². The molecule has 0 aliphatic heterocycles. The fraction of sp³-hybridized carbons (Fsp3) is 0.151. The Hall–Kier alpha value is -7.80. The van der Waals surface area contributed by atoms with Crippen LogP contribution < -0.4 is 25.9 Å². The van der Waals surface area contributed by atoms with Crippen LogP contribution in [0.3, 0.4) is 0 Å². The summed E-state index contributed by atoms with van der Waals surface area (Å²) in [5.41, 5.74) is 5.97. The van der Waals surface area contributed by atoms with Crippen LogP contribution in [0.4, 0.5) is 39.8 Å². The van der Waals surface area contributed by atoms with Crippen LogP contribution in [0.15, 0.2) is 200 Å². The second-order valence-corrected chi connectivity index (χ2v) is 20.8. The molecule has 2 atom stereocenters. The number of fused-ring (bicyclic) bond motifs is 1. The Kier molecular flexibility index (Phi) is 18.2. The molecule has 20 heteroatoms. The van der Waals surface area contributed by atoms with Crippen LogP contribution in [-0.4, -0.2) is 69.5 Å². The van der Waals surface area contributed by atoms with Crippen LogP contribution >= 0.6 is 19.3 Å². The van der Waals surface area contributed by atoms with Crippen molar-refractivity contribution in [3.8, 4) is 0 Å². The van der Waals surface area contributed by atoms with Crippen LogP contribution in [-0.2, 0) is 30.6 Å². The number of Topliss-reactive ketones (excluding diaryl/α,β-unsaturated/α-hetero) is 1. The fourth-order valence-corrected chi connectivity index (χ4v) is 10.3. The third kappa shape index (κ3) is 15.6. The van der Waals surface area contributed by atoms with Crippen molar-refractivity contribution in [1.29, 1.82) is 0 Å². The number of azo groups is 2. The van der Waals surface area contributed by atoms with Crippen molar-refractivity contribution >= 4 is 97.6 Å². The number of thioether (sulfide) groups is 1. The highest BCUT2D eigenvalue weighted by molar-refractivity contribution is 8.02. The van der Waals surface area contributed by atoms with Gasteiger partial charge >= 0.3 is 7.52 Å². The number of anilines is 3. The Morgan fingerprint density at radius 3 is 1.86 bits per heavy atom. The molecule has 0 aromatic heterocycles. The minimum Gasteiger partial charge on any atom is -0.383 e. The molecule has 7 aromatic carbocycles. The molecule has 73 heavy (non-hydrogen) atoms. The maximum atomic E-state index is 14.5. The quantitative estimate of drug-likeness (QED) is 0.0174. The number of carbonyl (C=O) groups is 3. The number of rotatable bonds is 23. The molecule has 7 aromatic rings. The molecule has 0 saturated heterocycles. The van der Waals surface area contributed by atoms with E-state index in [1.54, 1.807) is 102 Å². The van der Waals surface area contributed by atoms with Gasteiger partial charge in [0.25, 0.3) is 21.9 Å². The molecule has 5 N–H and O–H groups in total. The molecule has 1 unspecified atom stereocenters. The van der Waals surface area contributed by atoms with Crippen LogP contribution in [0.25, 0.3) is 10.8 Å². The highest BCUT2D eigenvalue weighted by atomic mass is 32.2. The first-order valence-corrected chi connectivity index (χ1v) is 26.9. The minimum atomic E-state index is -4.43. The lowest BCUT2D eigenvalue weighted by atomic mass is 10.1. The third-order valence-corrected chi connectivity index (χ3v) is 14.5. The fourth-order valence-electron chi connectivity index (χ4n) is 6.95. The molecule has 0 spiro atoms. The van der Waals surface area contributed by atoms with E-state index in [1.165, 1.54) is 24.9 Å². The predicted octanol–water partition coefficient (Wildman–Crippen LogP) is 12.2. The van der Waals surface area contributed by atoms with Gasteiger partial charge in [-0.2, -0.15) is 28.9 Å². The second kappa shape index (κ2) is 25.0. The van der Waals surface area contributed by atoms with Crippen LogP contribution in [0.2, 0.25) is 0 Å². The van der Waals surface area contributed by atoms with E-state index >= 15 is 0 Å². The van der Waals surface area contributed by atoms with Gasteiger partial charge in [-0.05, 0) is 127 Å². The normalized spacial score (nSPS) is 12.9. The number of ketones is 1. The smallest absolute Gasteiger partial charge is 0.317 e. The van der Waals surface area contributed by atoms with E-state index in [-0.39, 0.29) is 35.5 Å². The van der Waals surface area contributed by atoms with Gasteiger partial charge in [-0.15, -0.1) is 11.8 Å². The van der Waals surface area contributed by atoms with Crippen LogP contribution in [0.5, 0.6) is 0 Å². The first kappa shape index (κ1) is 53.0. The number of hydrogen-bond donors (Lipinski definition) is 5. The molecule has 0 bridgehead atoms. The molecule has 0 heterocycles. The van der Waals surface area contributed by atoms with E-state index in [2.05, 4.69) is 41.5 Å². The number of benzene rings is 7. The Morgan fingerprint density at radius 2 is 1.25 bits per heavy atom. The summed E-state index contributed by atoms with van der Waals surface area (Å²) in [7, 11) is -4.35. The third-order valence-electron chi connectivity index (χ3n) is 10.9. The van der Waals surface area contributed by atoms with Crippen LogP contribution in [0.1, 0.15) is 33.2 Å². The molecule has 0 saturated carbocycles. The Labute approximate surface area is 427 Å². The maximum Gasteiger partial charge on any atom is 0.317 e. The summed E-state index contributed by atoms with van der Waals surface area (Å²) in [6, 6.07) is 45.7. The summed E-state index contributed by atoms with van der Waals surface area (Å²) in [5.74, 6) is 0.425. The highest BCUT2D eigenvalue weighted by Gasteiger charge is 2.22. The van der Waals surface area contributed by atoms with Gasteiger partial charge in [-0.1, -0.05) is 54.6 Å². The molecular weight excluding hydrogens is 986 g/mol. The molecule has 0 fully saturated rings. The Morgan fingerprint density at radius 1 is 0.685 bits per heavy atom. The Bertz CT molecular complexity index is 3290. The van der Waals surface area contributed by atoms with Gasteiger partial charge < -0.3 is 30.5 Å². The average Bonchev–Trinajstić information content (AvgIpc) is 3.39. The Balaban J connectivity index is 0.966. The van der Waals surface area contributed by atoms with Gasteiger partial charge in [0, 0.05) is 77.7 Å². The standard InChI is InChI=1S/C53H52N9O8PS2/c1-37(63)50(56-53(65)40-17-23-43(24-18-40)59-60-44-27-29-46(30-28-44)62(2)3)36-72-34-33-71(66,70-35-38-15-21-42(22-16-38)58-57-41-9-5-4-6-10-41)61-45-25-19-39(20-26-45)52(64)55-32-31-54-49-13-7-12-48-47(49)11-8-14-51(48)73(67,68)69/h4-30,33-34,50,54H,31-32,35-36H2,1-3H3,(H,55,64)(H,56,65)(H,61,66)(H,67,68,69)/t50-,71?/m0/s1. The molecule has 17 nitrogen and oxygen atoms in total. The first-order valence-electron chi connectivity index (χ1n) is 22.7. The van der Waals surface area contributed by atoms with Crippen LogP contribution in [0, 0.1) is 0 Å². The zero-order chi connectivity index (χ0) is 51.8. The minimum absolute atomic E-state index is 0.0550. The van der Waals surface area contributed by atoms with Gasteiger partial charge in [0.05, 0.1) is 35.4 Å². The van der Waals surface area contributed by atoms with E-state index in [9.17, 15) is 31.9 Å². The summed E-state index contributed by atoms with van der Waals surface area (Å²) in [4.78, 5) is 40.9. The molecule has 374 valence electrons. The topological polar surface area (TPSA) is 233 Å². The number of carbonyl (C=O) groups excluding carboxylic acids is 3. The second-order valence-electron chi connectivity index (χ2n) is 16.5. The van der Waals surface area contributed by atoms with Crippen molar-refractivity contribution in [2.75, 3.05) is 48.2 Å². The first-order chi connectivity index (χ1) is 35.1. The van der Waals surface area contributed by atoms with Crippen molar-refractivity contribution in [2.45, 2.75) is 24.5 Å². The van der Waals surface area contributed by atoms with E-state index < -0.39 is 29.6 Å². The molecular formula is C53H52N9O8PS2. The molecule has 0 aliphatic carbocycles. The average molecular weight is 1040 g/mol. The van der Waals surface area contributed by atoms with Gasteiger partial charge in [0.1, 0.15) is 4.90 Å². The van der Waals surface area contributed by atoms with Gasteiger partial charge in [0.2, 0.25) is 0 Å². The van der Waals surface area contributed by atoms with Crippen molar-refractivity contribution in [1.82, 2.24) is 10.6 Å². The molecule has 0 radical (unpaired) electrons. The predicted molar refractivity (Wildman–Crippen MR) is 289 cm³/mol. The number of hydrogen-bond acceptors (Lipinski definition) is 14. The van der Waals surface area contributed by atoms with E-state index in [0.717, 1.165) is 17.4 Å². The summed E-state index contributed by atoms with van der Waals surface area (Å²) < 4.78 is 54.1.